The second-order valence-corrected chi connectivity index (χ2v) is 4.24. The summed E-state index contributed by atoms with van der Waals surface area (Å²) in [4.78, 5) is 15.8. The first-order chi connectivity index (χ1) is 8.24. The van der Waals surface area contributed by atoms with Gasteiger partial charge in [0.15, 0.2) is 0 Å². The molecule has 6 heteroatoms. The first-order valence-corrected chi connectivity index (χ1v) is 5.60. The molecule has 0 radical (unpaired) electrons. The van der Waals surface area contributed by atoms with E-state index in [9.17, 15) is 4.79 Å². The van der Waals surface area contributed by atoms with E-state index in [1.165, 1.54) is 0 Å². The summed E-state index contributed by atoms with van der Waals surface area (Å²) in [5.41, 5.74) is 0.660. The van der Waals surface area contributed by atoms with Gasteiger partial charge in [-0.25, -0.2) is 0 Å². The van der Waals surface area contributed by atoms with Gasteiger partial charge in [-0.05, 0) is 18.9 Å². The number of carbonyl (C=O) groups excluding carboxylic acids is 1. The van der Waals surface area contributed by atoms with E-state index in [0.717, 1.165) is 12.8 Å². The van der Waals surface area contributed by atoms with E-state index < -0.39 is 0 Å². The summed E-state index contributed by atoms with van der Waals surface area (Å²) in [5.74, 6) is 0.856. The Kier molecular flexibility index (Phi) is 2.28. The van der Waals surface area contributed by atoms with Crippen LogP contribution in [0.3, 0.4) is 0 Å². The molecule has 0 N–H and O–H groups in total. The van der Waals surface area contributed by atoms with E-state index in [-0.39, 0.29) is 11.7 Å². The van der Waals surface area contributed by atoms with Crippen molar-refractivity contribution in [2.45, 2.75) is 25.2 Å². The number of Topliss-reactive ketones (excluding diaryl/α,β-unsaturated/α-hetero) is 1. The van der Waals surface area contributed by atoms with E-state index in [0.29, 0.717) is 23.8 Å². The maximum atomic E-state index is 11.6. The predicted molar refractivity (Wildman–Crippen MR) is 58.1 cm³/mol. The number of aromatic nitrogens is 4. The summed E-state index contributed by atoms with van der Waals surface area (Å²) >= 11 is 0. The van der Waals surface area contributed by atoms with Crippen molar-refractivity contribution in [2.24, 2.45) is 7.05 Å². The lowest BCUT2D eigenvalue weighted by Crippen LogP contribution is -2.04. The molecule has 17 heavy (non-hydrogen) atoms. The quantitative estimate of drug-likeness (QED) is 0.780. The molecule has 1 unspecified atom stereocenters. The molecule has 0 bridgehead atoms. The summed E-state index contributed by atoms with van der Waals surface area (Å²) in [5, 5.41) is 8.05. The second kappa shape index (κ2) is 3.80. The van der Waals surface area contributed by atoms with Gasteiger partial charge in [0, 0.05) is 19.7 Å². The number of rotatable bonds is 2. The third-order valence-corrected chi connectivity index (χ3v) is 2.99. The van der Waals surface area contributed by atoms with Gasteiger partial charge in [0.25, 0.3) is 0 Å². The number of nitrogens with zero attached hydrogens (tertiary/aromatic N) is 4. The van der Waals surface area contributed by atoms with Crippen LogP contribution in [0.25, 0.3) is 11.5 Å². The molecule has 0 saturated heterocycles. The molecule has 1 saturated carbocycles. The summed E-state index contributed by atoms with van der Waals surface area (Å²) in [6.45, 7) is 0. The third-order valence-electron chi connectivity index (χ3n) is 2.99. The first kappa shape index (κ1) is 10.2. The molecule has 0 aromatic carbocycles. The van der Waals surface area contributed by atoms with Crippen molar-refractivity contribution in [3.05, 3.63) is 18.2 Å². The molecular weight excluding hydrogens is 220 g/mol. The molecule has 1 fully saturated rings. The van der Waals surface area contributed by atoms with Gasteiger partial charge in [-0.1, -0.05) is 5.16 Å². The van der Waals surface area contributed by atoms with Crippen LogP contribution in [0.1, 0.15) is 31.1 Å². The zero-order chi connectivity index (χ0) is 11.8. The third kappa shape index (κ3) is 1.75. The van der Waals surface area contributed by atoms with Crippen molar-refractivity contribution in [3.8, 4) is 11.5 Å². The zero-order valence-electron chi connectivity index (χ0n) is 9.46. The van der Waals surface area contributed by atoms with Crippen LogP contribution in [-0.4, -0.2) is 25.7 Å². The van der Waals surface area contributed by atoms with Crippen LogP contribution in [0.15, 0.2) is 16.8 Å². The summed E-state index contributed by atoms with van der Waals surface area (Å²) in [6.07, 6.45) is 4.14. The van der Waals surface area contributed by atoms with E-state index in [4.69, 9.17) is 4.52 Å². The summed E-state index contributed by atoms with van der Waals surface area (Å²) in [7, 11) is 1.82. The van der Waals surface area contributed by atoms with Gasteiger partial charge >= 0.3 is 0 Å². The highest BCUT2D eigenvalue weighted by Gasteiger charge is 2.31. The SMILES string of the molecule is Cn1ccc(-c2noc(C3CCCC3=O)n2)n1. The molecule has 0 aliphatic heterocycles. The van der Waals surface area contributed by atoms with Crippen molar-refractivity contribution in [2.75, 3.05) is 0 Å². The van der Waals surface area contributed by atoms with Crippen LogP contribution in [0, 0.1) is 0 Å². The van der Waals surface area contributed by atoms with Crippen molar-refractivity contribution in [3.63, 3.8) is 0 Å². The highest BCUT2D eigenvalue weighted by molar-refractivity contribution is 5.86. The average molecular weight is 232 g/mol. The van der Waals surface area contributed by atoms with Crippen LogP contribution in [-0.2, 0) is 11.8 Å². The van der Waals surface area contributed by atoms with Crippen molar-refractivity contribution < 1.29 is 9.32 Å². The van der Waals surface area contributed by atoms with Gasteiger partial charge < -0.3 is 4.52 Å². The minimum atomic E-state index is -0.208. The number of ketones is 1. The molecule has 0 amide bonds. The lowest BCUT2D eigenvalue weighted by atomic mass is 10.1. The number of aryl methyl sites for hydroxylation is 1. The Morgan fingerprint density at radius 2 is 2.41 bits per heavy atom. The Balaban J connectivity index is 1.90. The van der Waals surface area contributed by atoms with Crippen molar-refractivity contribution in [1.29, 1.82) is 0 Å². The minimum absolute atomic E-state index is 0.196. The highest BCUT2D eigenvalue weighted by atomic mass is 16.5. The van der Waals surface area contributed by atoms with Gasteiger partial charge in [-0.15, -0.1) is 0 Å². The molecule has 3 rings (SSSR count). The normalized spacial score (nSPS) is 20.1. The van der Waals surface area contributed by atoms with Gasteiger partial charge in [0.1, 0.15) is 11.5 Å². The predicted octanol–water partition coefficient (Wildman–Crippen LogP) is 1.31. The molecule has 2 aromatic heterocycles. The standard InChI is InChI=1S/C11H12N4O2/c1-15-6-5-8(13-15)10-12-11(17-14-10)7-3-2-4-9(7)16/h5-7H,2-4H2,1H3. The Hall–Kier alpha value is -1.98. The highest BCUT2D eigenvalue weighted by Crippen LogP contribution is 2.30. The largest absolute Gasteiger partial charge is 0.338 e. The topological polar surface area (TPSA) is 73.8 Å². The molecule has 6 nitrogen and oxygen atoms in total. The Bertz CT molecular complexity index is 557. The molecule has 2 heterocycles. The van der Waals surface area contributed by atoms with Gasteiger partial charge in [-0.2, -0.15) is 10.1 Å². The summed E-state index contributed by atoms with van der Waals surface area (Å²) in [6, 6.07) is 1.81. The Morgan fingerprint density at radius 3 is 3.06 bits per heavy atom. The Morgan fingerprint density at radius 1 is 1.53 bits per heavy atom. The molecule has 88 valence electrons. The maximum Gasteiger partial charge on any atom is 0.237 e. The van der Waals surface area contributed by atoms with E-state index in [2.05, 4.69) is 15.2 Å². The zero-order valence-corrected chi connectivity index (χ0v) is 9.46. The van der Waals surface area contributed by atoms with Gasteiger partial charge in [-0.3, -0.25) is 9.48 Å². The lowest BCUT2D eigenvalue weighted by molar-refractivity contribution is -0.119. The number of hydrogen-bond donors (Lipinski definition) is 0. The van der Waals surface area contributed by atoms with Crippen LogP contribution in [0.2, 0.25) is 0 Å². The van der Waals surface area contributed by atoms with Crippen molar-refractivity contribution in [1.82, 2.24) is 19.9 Å². The fourth-order valence-corrected chi connectivity index (χ4v) is 2.09. The van der Waals surface area contributed by atoms with Gasteiger partial charge in [0.2, 0.25) is 11.7 Å². The molecular formula is C11H12N4O2. The molecule has 0 spiro atoms. The lowest BCUT2D eigenvalue weighted by Gasteiger charge is -1.98. The molecule has 1 aliphatic rings. The Labute approximate surface area is 97.6 Å². The van der Waals surface area contributed by atoms with Crippen LogP contribution >= 0.6 is 0 Å². The van der Waals surface area contributed by atoms with Gasteiger partial charge in [0.05, 0.1) is 5.92 Å². The molecule has 1 atom stereocenters. The first-order valence-electron chi connectivity index (χ1n) is 5.60. The number of carbonyl (C=O) groups is 1. The van der Waals surface area contributed by atoms with Crippen LogP contribution in [0.5, 0.6) is 0 Å². The van der Waals surface area contributed by atoms with E-state index >= 15 is 0 Å². The van der Waals surface area contributed by atoms with Crippen molar-refractivity contribution >= 4 is 5.78 Å². The van der Waals surface area contributed by atoms with E-state index in [1.54, 1.807) is 4.68 Å². The van der Waals surface area contributed by atoms with Crippen LogP contribution in [0.4, 0.5) is 0 Å². The molecule has 2 aromatic rings. The summed E-state index contributed by atoms with van der Waals surface area (Å²) < 4.78 is 6.82. The average Bonchev–Trinajstić information content (AvgIpc) is 2.97. The van der Waals surface area contributed by atoms with E-state index in [1.807, 2.05) is 19.3 Å². The number of hydrogen-bond acceptors (Lipinski definition) is 5. The van der Waals surface area contributed by atoms with Crippen LogP contribution < -0.4 is 0 Å². The molecule has 1 aliphatic carbocycles. The minimum Gasteiger partial charge on any atom is -0.338 e. The maximum absolute atomic E-state index is 11.6. The fourth-order valence-electron chi connectivity index (χ4n) is 2.09. The smallest absolute Gasteiger partial charge is 0.237 e. The second-order valence-electron chi connectivity index (χ2n) is 4.24. The fraction of sp³-hybridized carbons (Fsp3) is 0.455. The monoisotopic (exact) mass is 232 g/mol.